The molecule has 0 amide bonds. The lowest BCUT2D eigenvalue weighted by Gasteiger charge is -2.25. The zero-order chi connectivity index (χ0) is 21.7. The molecule has 1 atom stereocenters. The van der Waals surface area contributed by atoms with Crippen LogP contribution in [0.3, 0.4) is 0 Å². The Morgan fingerprint density at radius 1 is 1.10 bits per heavy atom. The van der Waals surface area contributed by atoms with Crippen molar-refractivity contribution < 1.29 is 0 Å². The zero-order valence-electron chi connectivity index (χ0n) is 18.3. The van der Waals surface area contributed by atoms with Gasteiger partial charge in [0.15, 0.2) is 0 Å². The van der Waals surface area contributed by atoms with Crippen molar-refractivity contribution in [1.82, 2.24) is 9.97 Å². The fraction of sp³-hybridized carbons (Fsp3) is 0.308. The van der Waals surface area contributed by atoms with Gasteiger partial charge in [0, 0.05) is 22.2 Å². The number of hydrogen-bond acceptors (Lipinski definition) is 4. The van der Waals surface area contributed by atoms with Gasteiger partial charge in [-0.3, -0.25) is 0 Å². The van der Waals surface area contributed by atoms with Crippen LogP contribution in [0.2, 0.25) is 5.28 Å². The number of nitrogens with zero attached hydrogens (tertiary/aromatic N) is 3. The van der Waals surface area contributed by atoms with Crippen LogP contribution in [0.25, 0.3) is 21.3 Å². The van der Waals surface area contributed by atoms with Gasteiger partial charge in [-0.15, -0.1) is 11.3 Å². The number of aromatic nitrogens is 2. The van der Waals surface area contributed by atoms with Crippen molar-refractivity contribution in [2.24, 2.45) is 0 Å². The van der Waals surface area contributed by atoms with Crippen molar-refractivity contribution in [1.29, 1.82) is 0 Å². The summed E-state index contributed by atoms with van der Waals surface area (Å²) in [6, 6.07) is 17.9. The number of halogens is 1. The minimum absolute atomic E-state index is 0.310. The highest BCUT2D eigenvalue weighted by Gasteiger charge is 2.31. The van der Waals surface area contributed by atoms with E-state index in [9.17, 15) is 0 Å². The molecule has 0 radical (unpaired) electrons. The second-order valence-corrected chi connectivity index (χ2v) is 10.0. The summed E-state index contributed by atoms with van der Waals surface area (Å²) in [7, 11) is 0. The number of benzene rings is 2. The Balaban J connectivity index is 1.78. The van der Waals surface area contributed by atoms with Crippen LogP contribution >= 0.6 is 22.9 Å². The van der Waals surface area contributed by atoms with Gasteiger partial charge >= 0.3 is 0 Å². The van der Waals surface area contributed by atoms with Gasteiger partial charge in [-0.25, -0.2) is 4.98 Å². The van der Waals surface area contributed by atoms with Gasteiger partial charge in [0.25, 0.3) is 0 Å². The maximum Gasteiger partial charge on any atom is 0.225 e. The van der Waals surface area contributed by atoms with E-state index in [4.69, 9.17) is 16.6 Å². The lowest BCUT2D eigenvalue weighted by molar-refractivity contribution is 0.752. The molecule has 0 fully saturated rings. The number of thiophene rings is 1. The van der Waals surface area contributed by atoms with Crippen LogP contribution in [0.4, 0.5) is 11.5 Å². The van der Waals surface area contributed by atoms with Crippen LogP contribution in [0, 0.1) is 0 Å². The van der Waals surface area contributed by atoms with Crippen molar-refractivity contribution in [2.75, 3.05) is 4.90 Å². The Morgan fingerprint density at radius 3 is 2.55 bits per heavy atom. The standard InChI is InChI=1S/C26H26ClN3S/c1-5-21-22(18-12-10-17(11-13-18)15(2)3)23-24(28-26(27)29-25(23)31-21)30-16(4)14-19-8-6-7-9-20(19)30/h6-13,15-16H,5,14H2,1-4H3. The highest BCUT2D eigenvalue weighted by Crippen LogP contribution is 2.47. The van der Waals surface area contributed by atoms with Crippen molar-refractivity contribution in [3.8, 4) is 11.1 Å². The van der Waals surface area contributed by atoms with Crippen LogP contribution in [0.5, 0.6) is 0 Å². The summed E-state index contributed by atoms with van der Waals surface area (Å²) in [6.07, 6.45) is 1.95. The second-order valence-electron chi connectivity index (χ2n) is 8.58. The lowest BCUT2D eigenvalue weighted by Crippen LogP contribution is -2.25. The molecular weight excluding hydrogens is 422 g/mol. The average Bonchev–Trinajstić information content (AvgIpc) is 3.29. The highest BCUT2D eigenvalue weighted by atomic mass is 35.5. The molecule has 158 valence electrons. The molecule has 1 aliphatic rings. The van der Waals surface area contributed by atoms with E-state index in [1.54, 1.807) is 11.3 Å². The molecule has 0 N–H and O–H groups in total. The van der Waals surface area contributed by atoms with E-state index in [-0.39, 0.29) is 0 Å². The largest absolute Gasteiger partial charge is 0.322 e. The van der Waals surface area contributed by atoms with Crippen molar-refractivity contribution >= 4 is 44.7 Å². The third-order valence-electron chi connectivity index (χ3n) is 6.20. The second kappa shape index (κ2) is 7.92. The van der Waals surface area contributed by atoms with Gasteiger partial charge in [-0.05, 0) is 60.0 Å². The molecule has 0 saturated carbocycles. The first-order valence-corrected chi connectivity index (χ1v) is 12.1. The molecule has 3 nitrogen and oxygen atoms in total. The maximum absolute atomic E-state index is 6.44. The third-order valence-corrected chi connectivity index (χ3v) is 7.60. The van der Waals surface area contributed by atoms with Gasteiger partial charge in [0.05, 0.1) is 5.39 Å². The molecule has 31 heavy (non-hydrogen) atoms. The van der Waals surface area contributed by atoms with Crippen molar-refractivity contribution in [3.05, 3.63) is 69.8 Å². The summed E-state index contributed by atoms with van der Waals surface area (Å²) in [4.78, 5) is 14.1. The Hall–Kier alpha value is -2.43. The third kappa shape index (κ3) is 3.42. The minimum Gasteiger partial charge on any atom is -0.322 e. The smallest absolute Gasteiger partial charge is 0.225 e. The van der Waals surface area contributed by atoms with E-state index < -0.39 is 0 Å². The summed E-state index contributed by atoms with van der Waals surface area (Å²) in [5.41, 5.74) is 6.40. The maximum atomic E-state index is 6.44. The first-order valence-electron chi connectivity index (χ1n) is 10.9. The molecule has 4 aromatic rings. The predicted octanol–water partition coefficient (Wildman–Crippen LogP) is 7.78. The molecule has 1 aliphatic heterocycles. The van der Waals surface area contributed by atoms with E-state index in [0.29, 0.717) is 17.2 Å². The normalized spacial score (nSPS) is 15.8. The summed E-state index contributed by atoms with van der Waals surface area (Å²) in [5, 5.41) is 1.43. The number of rotatable bonds is 4. The first kappa shape index (κ1) is 20.5. The van der Waals surface area contributed by atoms with Crippen LogP contribution in [0.1, 0.15) is 49.6 Å². The molecular formula is C26H26ClN3S. The molecule has 0 aliphatic carbocycles. The SMILES string of the molecule is CCc1sc2nc(Cl)nc(N3c4ccccc4CC3C)c2c1-c1ccc(C(C)C)cc1. The van der Waals surface area contributed by atoms with E-state index in [1.807, 2.05) is 0 Å². The Labute approximate surface area is 192 Å². The summed E-state index contributed by atoms with van der Waals surface area (Å²) < 4.78 is 0. The summed E-state index contributed by atoms with van der Waals surface area (Å²) >= 11 is 8.18. The molecule has 5 rings (SSSR count). The first-order chi connectivity index (χ1) is 15.0. The fourth-order valence-corrected chi connectivity index (χ4v) is 6.00. The number of hydrogen-bond donors (Lipinski definition) is 0. The molecule has 5 heteroatoms. The van der Waals surface area contributed by atoms with E-state index in [2.05, 4.69) is 86.1 Å². The van der Waals surface area contributed by atoms with Gasteiger partial charge in [0.1, 0.15) is 10.6 Å². The minimum atomic E-state index is 0.310. The number of aryl methyl sites for hydroxylation is 1. The monoisotopic (exact) mass is 447 g/mol. The fourth-order valence-electron chi connectivity index (χ4n) is 4.65. The van der Waals surface area contributed by atoms with Crippen molar-refractivity contribution in [2.45, 2.75) is 52.5 Å². The Bertz CT molecular complexity index is 1260. The molecule has 2 aromatic carbocycles. The summed E-state index contributed by atoms with van der Waals surface area (Å²) in [6.45, 7) is 8.92. The van der Waals surface area contributed by atoms with Gasteiger partial charge in [-0.1, -0.05) is 63.2 Å². The topological polar surface area (TPSA) is 29.0 Å². The summed E-state index contributed by atoms with van der Waals surface area (Å²) in [5.74, 6) is 1.44. The molecule has 0 spiro atoms. The van der Waals surface area contributed by atoms with E-state index >= 15 is 0 Å². The van der Waals surface area contributed by atoms with E-state index in [0.717, 1.165) is 28.9 Å². The van der Waals surface area contributed by atoms with Gasteiger partial charge in [-0.2, -0.15) is 4.98 Å². The predicted molar refractivity (Wildman–Crippen MR) is 133 cm³/mol. The van der Waals surface area contributed by atoms with Crippen LogP contribution in [-0.4, -0.2) is 16.0 Å². The Morgan fingerprint density at radius 2 is 1.84 bits per heavy atom. The number of anilines is 2. The number of fused-ring (bicyclic) bond motifs is 2. The highest BCUT2D eigenvalue weighted by molar-refractivity contribution is 7.19. The van der Waals surface area contributed by atoms with Gasteiger partial charge in [0.2, 0.25) is 5.28 Å². The quantitative estimate of drug-likeness (QED) is 0.299. The van der Waals surface area contributed by atoms with Crippen molar-refractivity contribution in [3.63, 3.8) is 0 Å². The van der Waals surface area contributed by atoms with Crippen LogP contribution in [-0.2, 0) is 12.8 Å². The molecule has 2 aromatic heterocycles. The van der Waals surface area contributed by atoms with Crippen LogP contribution in [0.15, 0.2) is 48.5 Å². The molecule has 0 saturated heterocycles. The van der Waals surface area contributed by atoms with Gasteiger partial charge < -0.3 is 4.90 Å². The average molecular weight is 448 g/mol. The Kier molecular flexibility index (Phi) is 5.23. The van der Waals surface area contributed by atoms with E-state index in [1.165, 1.54) is 32.8 Å². The van der Waals surface area contributed by atoms with Crippen LogP contribution < -0.4 is 4.90 Å². The molecule has 3 heterocycles. The lowest BCUT2D eigenvalue weighted by atomic mass is 9.97. The zero-order valence-corrected chi connectivity index (χ0v) is 19.9. The molecule has 1 unspecified atom stereocenters. The number of para-hydroxylation sites is 1. The molecule has 0 bridgehead atoms.